The number of rotatable bonds is 4. The van der Waals surface area contributed by atoms with Crippen molar-refractivity contribution >= 4 is 16.8 Å². The smallest absolute Gasteiger partial charge is 0.283 e. The van der Waals surface area contributed by atoms with Gasteiger partial charge in [-0.15, -0.1) is 0 Å². The lowest BCUT2D eigenvalue weighted by atomic mass is 10.1. The van der Waals surface area contributed by atoms with Crippen LogP contribution in [0.15, 0.2) is 41.2 Å². The Morgan fingerprint density at radius 2 is 1.81 bits per heavy atom. The van der Waals surface area contributed by atoms with Crippen molar-refractivity contribution in [2.75, 3.05) is 5.43 Å². The van der Waals surface area contributed by atoms with Gasteiger partial charge in [-0.1, -0.05) is 12.1 Å². The maximum atomic E-state index is 14.0. The lowest BCUT2D eigenvalue weighted by Gasteiger charge is -2.13. The molecule has 1 heterocycles. The Morgan fingerprint density at radius 3 is 2.46 bits per heavy atom. The van der Waals surface area contributed by atoms with Crippen LogP contribution in [0.1, 0.15) is 11.4 Å². The van der Waals surface area contributed by atoms with Crippen molar-refractivity contribution in [3.8, 4) is 0 Å². The number of nitrogens with two attached hydrogens (primary N) is 1. The second-order valence-corrected chi connectivity index (χ2v) is 5.49. The van der Waals surface area contributed by atoms with E-state index in [0.29, 0.717) is 11.6 Å². The molecule has 1 aromatic heterocycles. The van der Waals surface area contributed by atoms with Crippen LogP contribution < -0.4 is 16.7 Å². The molecule has 3 aromatic rings. The molecule has 0 fully saturated rings. The molecule has 2 aromatic carbocycles. The van der Waals surface area contributed by atoms with Crippen LogP contribution in [0.5, 0.6) is 0 Å². The number of fused-ring (bicyclic) bond motifs is 1. The van der Waals surface area contributed by atoms with Crippen LogP contribution in [0, 0.1) is 17.5 Å². The first kappa shape index (κ1) is 17.6. The van der Waals surface area contributed by atoms with Crippen LogP contribution in [0.2, 0.25) is 0 Å². The molecule has 3 rings (SSSR count). The highest BCUT2D eigenvalue weighted by atomic mass is 19.1. The minimum absolute atomic E-state index is 0.0695. The topological polar surface area (TPSA) is 90.0 Å². The zero-order chi connectivity index (χ0) is 18.8. The number of carbonyl (C=O) groups is 1. The van der Waals surface area contributed by atoms with Gasteiger partial charge in [-0.05, 0) is 17.7 Å². The average molecular weight is 362 g/mol. The standard InChI is InChI=1S/C17H13F3N4O2/c18-10-3-1-9(2-4-10)5-15(25)23-24-14(8-21)22-13-7-11(19)6-12(20)16(13)17(24)26/h1-4,6-7H,5,8,21H2,(H,23,25). The summed E-state index contributed by atoms with van der Waals surface area (Å²) in [6, 6.07) is 6.69. The quantitative estimate of drug-likeness (QED) is 0.738. The second kappa shape index (κ2) is 6.96. The Labute approximate surface area is 145 Å². The van der Waals surface area contributed by atoms with Gasteiger partial charge in [0.05, 0.1) is 18.5 Å². The number of aromatic nitrogens is 2. The normalized spacial score (nSPS) is 10.9. The number of hydrogen-bond donors (Lipinski definition) is 2. The summed E-state index contributed by atoms with van der Waals surface area (Å²) in [7, 11) is 0. The van der Waals surface area contributed by atoms with E-state index in [2.05, 4.69) is 10.4 Å². The predicted molar refractivity (Wildman–Crippen MR) is 88.3 cm³/mol. The monoisotopic (exact) mass is 362 g/mol. The first-order chi connectivity index (χ1) is 12.4. The maximum absolute atomic E-state index is 14.0. The van der Waals surface area contributed by atoms with Crippen LogP contribution in [0.3, 0.4) is 0 Å². The number of benzene rings is 2. The van der Waals surface area contributed by atoms with E-state index in [4.69, 9.17) is 5.73 Å². The minimum Gasteiger partial charge on any atom is -0.324 e. The van der Waals surface area contributed by atoms with Crippen LogP contribution in [-0.2, 0) is 17.8 Å². The molecule has 0 aliphatic rings. The molecule has 6 nitrogen and oxygen atoms in total. The molecular weight excluding hydrogens is 349 g/mol. The molecule has 134 valence electrons. The number of hydrogen-bond acceptors (Lipinski definition) is 4. The Bertz CT molecular complexity index is 1050. The highest BCUT2D eigenvalue weighted by Gasteiger charge is 2.17. The van der Waals surface area contributed by atoms with E-state index in [0.717, 1.165) is 10.7 Å². The zero-order valence-corrected chi connectivity index (χ0v) is 13.3. The highest BCUT2D eigenvalue weighted by molar-refractivity contribution is 5.86. The summed E-state index contributed by atoms with van der Waals surface area (Å²) in [5.41, 5.74) is 7.22. The van der Waals surface area contributed by atoms with Gasteiger partial charge >= 0.3 is 0 Å². The summed E-state index contributed by atoms with van der Waals surface area (Å²) >= 11 is 0. The second-order valence-electron chi connectivity index (χ2n) is 5.49. The molecular formula is C17H13F3N4O2. The lowest BCUT2D eigenvalue weighted by molar-refractivity contribution is -0.116. The van der Waals surface area contributed by atoms with Gasteiger partial charge in [0.2, 0.25) is 5.91 Å². The van der Waals surface area contributed by atoms with Crippen molar-refractivity contribution in [2.24, 2.45) is 5.73 Å². The molecule has 0 unspecified atom stereocenters. The summed E-state index contributed by atoms with van der Waals surface area (Å²) in [6.07, 6.45) is -0.152. The molecule has 0 bridgehead atoms. The van der Waals surface area contributed by atoms with Gasteiger partial charge in [0, 0.05) is 12.1 Å². The van der Waals surface area contributed by atoms with E-state index in [1.54, 1.807) is 0 Å². The molecule has 0 spiro atoms. The van der Waals surface area contributed by atoms with E-state index in [1.807, 2.05) is 0 Å². The molecule has 0 radical (unpaired) electrons. The van der Waals surface area contributed by atoms with Crippen molar-refractivity contribution < 1.29 is 18.0 Å². The van der Waals surface area contributed by atoms with Gasteiger partial charge in [0.25, 0.3) is 5.56 Å². The Hall–Kier alpha value is -3.20. The molecule has 0 atom stereocenters. The van der Waals surface area contributed by atoms with E-state index >= 15 is 0 Å². The van der Waals surface area contributed by atoms with Gasteiger partial charge in [-0.2, -0.15) is 0 Å². The van der Waals surface area contributed by atoms with Crippen LogP contribution in [0.4, 0.5) is 13.2 Å². The van der Waals surface area contributed by atoms with Crippen LogP contribution >= 0.6 is 0 Å². The molecule has 0 saturated heterocycles. The number of nitrogens with one attached hydrogen (secondary N) is 1. The number of halogens is 3. The molecule has 0 aliphatic carbocycles. The van der Waals surface area contributed by atoms with Crippen molar-refractivity contribution in [1.82, 2.24) is 9.66 Å². The van der Waals surface area contributed by atoms with E-state index < -0.39 is 34.3 Å². The zero-order valence-electron chi connectivity index (χ0n) is 13.3. The number of nitrogens with zero attached hydrogens (tertiary/aromatic N) is 2. The van der Waals surface area contributed by atoms with Gasteiger partial charge in [0.15, 0.2) is 0 Å². The predicted octanol–water partition coefficient (Wildman–Crippen LogP) is 1.59. The van der Waals surface area contributed by atoms with Crippen molar-refractivity contribution in [3.63, 3.8) is 0 Å². The molecule has 9 heteroatoms. The average Bonchev–Trinajstić information content (AvgIpc) is 2.58. The van der Waals surface area contributed by atoms with Gasteiger partial charge in [-0.3, -0.25) is 15.0 Å². The summed E-state index contributed by atoms with van der Waals surface area (Å²) in [6.45, 7) is -0.250. The minimum atomic E-state index is -1.09. The SMILES string of the molecule is NCc1nc2cc(F)cc(F)c2c(=O)n1NC(=O)Cc1ccc(F)cc1. The summed E-state index contributed by atoms with van der Waals surface area (Å²) in [5, 5.41) is -0.467. The highest BCUT2D eigenvalue weighted by Crippen LogP contribution is 2.15. The van der Waals surface area contributed by atoms with Crippen molar-refractivity contribution in [2.45, 2.75) is 13.0 Å². The van der Waals surface area contributed by atoms with Crippen molar-refractivity contribution in [3.05, 3.63) is 75.6 Å². The van der Waals surface area contributed by atoms with Crippen LogP contribution in [0.25, 0.3) is 10.9 Å². The van der Waals surface area contributed by atoms with E-state index in [9.17, 15) is 22.8 Å². The Morgan fingerprint density at radius 1 is 1.12 bits per heavy atom. The summed E-state index contributed by atoms with van der Waals surface area (Å²) in [5.74, 6) is -3.11. The lowest BCUT2D eigenvalue weighted by Crippen LogP contribution is -2.38. The third-order valence-electron chi connectivity index (χ3n) is 3.66. The Balaban J connectivity index is 1.98. The number of carbonyl (C=O) groups excluding carboxylic acids is 1. The van der Waals surface area contributed by atoms with Gasteiger partial charge < -0.3 is 5.73 Å². The Kier molecular flexibility index (Phi) is 4.72. The van der Waals surface area contributed by atoms with Crippen LogP contribution in [-0.4, -0.2) is 15.6 Å². The van der Waals surface area contributed by atoms with E-state index in [-0.39, 0.29) is 24.3 Å². The van der Waals surface area contributed by atoms with E-state index in [1.165, 1.54) is 24.3 Å². The summed E-state index contributed by atoms with van der Waals surface area (Å²) in [4.78, 5) is 28.6. The summed E-state index contributed by atoms with van der Waals surface area (Å²) < 4.78 is 40.9. The fourth-order valence-electron chi connectivity index (χ4n) is 2.48. The van der Waals surface area contributed by atoms with Gasteiger partial charge in [-0.25, -0.2) is 22.8 Å². The fourth-order valence-corrected chi connectivity index (χ4v) is 2.48. The number of amides is 1. The first-order valence-electron chi connectivity index (χ1n) is 7.54. The fraction of sp³-hybridized carbons (Fsp3) is 0.118. The van der Waals surface area contributed by atoms with Crippen molar-refractivity contribution in [1.29, 1.82) is 0 Å². The maximum Gasteiger partial charge on any atom is 0.283 e. The first-order valence-corrected chi connectivity index (χ1v) is 7.54. The largest absolute Gasteiger partial charge is 0.324 e. The third-order valence-corrected chi connectivity index (χ3v) is 3.66. The molecule has 0 aliphatic heterocycles. The third kappa shape index (κ3) is 3.42. The molecule has 26 heavy (non-hydrogen) atoms. The van der Waals surface area contributed by atoms with Gasteiger partial charge in [0.1, 0.15) is 28.7 Å². The molecule has 0 saturated carbocycles. The molecule has 1 amide bonds. The molecule has 3 N–H and O–H groups in total.